The van der Waals surface area contributed by atoms with Crippen LogP contribution in [0.4, 0.5) is 0 Å². The van der Waals surface area contributed by atoms with Crippen molar-refractivity contribution in [2.75, 3.05) is 0 Å². The minimum atomic E-state index is -0.0484. The Bertz CT molecular complexity index is 1860. The van der Waals surface area contributed by atoms with Gasteiger partial charge in [-0.2, -0.15) is 5.26 Å². The largest absolute Gasteiger partial charge is 0.258 e. The van der Waals surface area contributed by atoms with Crippen LogP contribution in [0.1, 0.15) is 80.5 Å². The van der Waals surface area contributed by atoms with E-state index in [1.807, 2.05) is 19.1 Å². The molecule has 1 heterocycles. The molecule has 1 saturated carbocycles. The van der Waals surface area contributed by atoms with Crippen LogP contribution in [-0.4, -0.2) is 17.6 Å². The molecule has 3 aliphatic carbocycles. The fourth-order valence-electron chi connectivity index (χ4n) is 7.83. The summed E-state index contributed by atoms with van der Waals surface area (Å²) in [5.41, 5.74) is 12.9. The topological polar surface area (TPSA) is 48.5 Å². The van der Waals surface area contributed by atoms with Crippen molar-refractivity contribution in [1.82, 2.24) is 0 Å². The number of benzene rings is 3. The van der Waals surface area contributed by atoms with Gasteiger partial charge in [0.15, 0.2) is 5.84 Å². The van der Waals surface area contributed by atoms with Crippen LogP contribution in [-0.2, 0) is 5.41 Å². The van der Waals surface area contributed by atoms with Gasteiger partial charge in [0.1, 0.15) is 0 Å². The van der Waals surface area contributed by atoms with Crippen molar-refractivity contribution in [1.29, 1.82) is 5.26 Å². The Morgan fingerprint density at radius 2 is 1.71 bits per heavy atom. The first kappa shape index (κ1) is 28.9. The second-order valence-electron chi connectivity index (χ2n) is 12.7. The zero-order valence-electron chi connectivity index (χ0n) is 26.1. The summed E-state index contributed by atoms with van der Waals surface area (Å²) in [6.07, 6.45) is 19.6. The Morgan fingerprint density at radius 1 is 0.933 bits per heavy atom. The van der Waals surface area contributed by atoms with Crippen molar-refractivity contribution in [2.24, 2.45) is 9.98 Å². The third-order valence-electron chi connectivity index (χ3n) is 10.0. The van der Waals surface area contributed by atoms with Crippen LogP contribution in [0.15, 0.2) is 136 Å². The lowest BCUT2D eigenvalue weighted by Gasteiger charge is -2.37. The maximum atomic E-state index is 9.71. The number of fused-ring (bicyclic) bond motifs is 2. The fourth-order valence-corrected chi connectivity index (χ4v) is 7.83. The predicted molar refractivity (Wildman–Crippen MR) is 188 cm³/mol. The molecular formula is C42H39N3. The molecule has 222 valence electrons. The van der Waals surface area contributed by atoms with Crippen LogP contribution >= 0.6 is 0 Å². The van der Waals surface area contributed by atoms with E-state index in [2.05, 4.69) is 104 Å². The van der Waals surface area contributed by atoms with E-state index in [0.29, 0.717) is 0 Å². The summed E-state index contributed by atoms with van der Waals surface area (Å²) in [5, 5.41) is 9.71. The van der Waals surface area contributed by atoms with E-state index in [1.54, 1.807) is 0 Å². The normalized spacial score (nSPS) is 20.7. The maximum absolute atomic E-state index is 9.71. The van der Waals surface area contributed by atoms with Gasteiger partial charge in [-0.15, -0.1) is 0 Å². The third-order valence-corrected chi connectivity index (χ3v) is 10.0. The molecule has 3 nitrogen and oxygen atoms in total. The smallest absolute Gasteiger partial charge is 0.155 e. The first-order chi connectivity index (χ1) is 22.1. The number of nitrogens with zero attached hydrogens (tertiary/aromatic N) is 3. The summed E-state index contributed by atoms with van der Waals surface area (Å²) in [4.78, 5) is 10.3. The molecule has 1 aliphatic heterocycles. The Balaban J connectivity index is 1.29. The van der Waals surface area contributed by atoms with Gasteiger partial charge in [-0.25, -0.2) is 4.99 Å². The summed E-state index contributed by atoms with van der Waals surface area (Å²) in [6.45, 7) is 6.20. The number of hydrogen-bond acceptors (Lipinski definition) is 3. The molecule has 4 aliphatic rings. The summed E-state index contributed by atoms with van der Waals surface area (Å²) < 4.78 is 0. The molecule has 45 heavy (non-hydrogen) atoms. The summed E-state index contributed by atoms with van der Waals surface area (Å²) >= 11 is 0. The average Bonchev–Trinajstić information content (AvgIpc) is 3.36. The number of aliphatic imine (C=N–C) groups is 2. The Morgan fingerprint density at radius 3 is 2.42 bits per heavy atom. The van der Waals surface area contributed by atoms with Gasteiger partial charge in [0.25, 0.3) is 0 Å². The van der Waals surface area contributed by atoms with Crippen LogP contribution < -0.4 is 0 Å². The van der Waals surface area contributed by atoms with E-state index in [4.69, 9.17) is 9.98 Å². The zero-order chi connectivity index (χ0) is 30.8. The van der Waals surface area contributed by atoms with Gasteiger partial charge >= 0.3 is 0 Å². The van der Waals surface area contributed by atoms with Gasteiger partial charge < -0.3 is 0 Å². The van der Waals surface area contributed by atoms with Crippen LogP contribution in [0.2, 0.25) is 0 Å². The van der Waals surface area contributed by atoms with Crippen molar-refractivity contribution < 1.29 is 0 Å². The van der Waals surface area contributed by atoms with Crippen LogP contribution in [0, 0.1) is 11.3 Å². The molecule has 1 spiro atoms. The van der Waals surface area contributed by atoms with Crippen molar-refractivity contribution in [3.05, 3.63) is 149 Å². The quantitative estimate of drug-likeness (QED) is 0.266. The highest BCUT2D eigenvalue weighted by molar-refractivity contribution is 6.14. The summed E-state index contributed by atoms with van der Waals surface area (Å²) in [5.74, 6) is 0.814. The van der Waals surface area contributed by atoms with Gasteiger partial charge in [-0.1, -0.05) is 123 Å². The number of allylic oxidation sites excluding steroid dienone is 8. The zero-order valence-corrected chi connectivity index (χ0v) is 26.1. The second kappa shape index (κ2) is 12.3. The summed E-state index contributed by atoms with van der Waals surface area (Å²) in [7, 11) is 0. The van der Waals surface area contributed by atoms with Gasteiger partial charge in [0.2, 0.25) is 0 Å². The molecule has 3 heteroatoms. The number of nitriles is 1. The Hall–Kier alpha value is -4.81. The predicted octanol–water partition coefficient (Wildman–Crippen LogP) is 10.3. The van der Waals surface area contributed by atoms with E-state index < -0.39 is 0 Å². The van der Waals surface area contributed by atoms with E-state index >= 15 is 0 Å². The molecule has 0 bridgehead atoms. The SMILES string of the molecule is C=CC1=C(/C=C(\C)C#N)C2(CCCCC2)c2cccc(-c3ccc(C4=NC(c5ccccc5)=NC(C5=CC=CCC5)C4)cc3)c21. The van der Waals surface area contributed by atoms with E-state index in [1.165, 1.54) is 58.2 Å². The fraction of sp³-hybridized carbons (Fsp3) is 0.262. The standard InChI is InChI=1S/C42H39N3/c1-3-34-37(26-29(2)28-43)42(24-11-6-12-25-42)36-19-13-18-35(40(34)36)30-20-22-32(23-21-30)39-27-38(31-14-7-4-8-15-31)44-41(45-39)33-16-9-5-10-17-33/h3-5,7,9-10,13-14,16-23,26,38H,1,6,8,11-12,15,24-25,27H2,2H3/b29-26+. The molecule has 7 rings (SSSR count). The highest BCUT2D eigenvalue weighted by atomic mass is 15.0. The second-order valence-corrected chi connectivity index (χ2v) is 12.7. The molecule has 0 radical (unpaired) electrons. The summed E-state index contributed by atoms with van der Waals surface area (Å²) in [6, 6.07) is 28.6. The first-order valence-electron chi connectivity index (χ1n) is 16.4. The Labute approximate surface area is 267 Å². The van der Waals surface area contributed by atoms with Gasteiger partial charge in [-0.05, 0) is 83.2 Å². The number of rotatable bonds is 6. The third kappa shape index (κ3) is 5.29. The van der Waals surface area contributed by atoms with E-state index in [0.717, 1.165) is 60.4 Å². The number of hydrogen-bond donors (Lipinski definition) is 0. The van der Waals surface area contributed by atoms with Gasteiger partial charge in [-0.3, -0.25) is 4.99 Å². The molecule has 1 fully saturated rings. The van der Waals surface area contributed by atoms with Crippen molar-refractivity contribution in [3.8, 4) is 17.2 Å². The van der Waals surface area contributed by atoms with Crippen molar-refractivity contribution in [2.45, 2.75) is 69.7 Å². The molecule has 0 N–H and O–H groups in total. The average molecular weight is 586 g/mol. The lowest BCUT2D eigenvalue weighted by Crippen LogP contribution is -2.29. The maximum Gasteiger partial charge on any atom is 0.155 e. The monoisotopic (exact) mass is 585 g/mol. The molecule has 0 saturated heterocycles. The van der Waals surface area contributed by atoms with Crippen LogP contribution in [0.25, 0.3) is 16.7 Å². The van der Waals surface area contributed by atoms with Crippen LogP contribution in [0.3, 0.4) is 0 Å². The van der Waals surface area contributed by atoms with E-state index in [9.17, 15) is 5.26 Å². The van der Waals surface area contributed by atoms with Crippen LogP contribution in [0.5, 0.6) is 0 Å². The lowest BCUT2D eigenvalue weighted by atomic mass is 9.66. The minimum absolute atomic E-state index is 0.0484. The molecular weight excluding hydrogens is 546 g/mol. The molecule has 1 unspecified atom stereocenters. The van der Waals surface area contributed by atoms with Gasteiger partial charge in [0, 0.05) is 23.0 Å². The van der Waals surface area contributed by atoms with Crippen molar-refractivity contribution >= 4 is 17.1 Å². The molecule has 0 amide bonds. The molecule has 0 aromatic heterocycles. The molecule has 3 aromatic rings. The Kier molecular flexibility index (Phi) is 7.90. The number of amidine groups is 1. The highest BCUT2D eigenvalue weighted by Crippen LogP contribution is 2.57. The molecule has 3 aromatic carbocycles. The minimum Gasteiger partial charge on any atom is -0.258 e. The molecule has 1 atom stereocenters. The van der Waals surface area contributed by atoms with Gasteiger partial charge in [0.05, 0.1) is 17.8 Å². The van der Waals surface area contributed by atoms with E-state index in [-0.39, 0.29) is 11.5 Å². The first-order valence-corrected chi connectivity index (χ1v) is 16.4. The highest BCUT2D eigenvalue weighted by Gasteiger charge is 2.44. The van der Waals surface area contributed by atoms with Crippen molar-refractivity contribution in [3.63, 3.8) is 0 Å². The lowest BCUT2D eigenvalue weighted by molar-refractivity contribution is 0.350.